The van der Waals surface area contributed by atoms with E-state index in [1.807, 2.05) is 45.9 Å². The van der Waals surface area contributed by atoms with Crippen molar-refractivity contribution in [2.45, 2.75) is 116 Å². The van der Waals surface area contributed by atoms with E-state index in [0.717, 1.165) is 37.7 Å². The van der Waals surface area contributed by atoms with Crippen LogP contribution in [0, 0.1) is 5.41 Å². The highest BCUT2D eigenvalue weighted by molar-refractivity contribution is 6.38. The monoisotopic (exact) mass is 609 g/mol. The molecule has 1 unspecified atom stereocenters. The smallest absolute Gasteiger partial charge is 0.315 e. The molecule has 4 N–H and O–H groups in total. The van der Waals surface area contributed by atoms with Crippen LogP contribution in [-0.4, -0.2) is 71.2 Å². The molecule has 3 atom stereocenters. The van der Waals surface area contributed by atoms with Crippen LogP contribution in [0.1, 0.15) is 91.0 Å². The van der Waals surface area contributed by atoms with Crippen molar-refractivity contribution in [3.8, 4) is 0 Å². The largest absolute Gasteiger partial charge is 0.346 e. The molecule has 44 heavy (non-hydrogen) atoms. The Labute approximate surface area is 262 Å². The summed E-state index contributed by atoms with van der Waals surface area (Å²) in [6.45, 7) is 11.6. The summed E-state index contributed by atoms with van der Waals surface area (Å²) in [5.41, 5.74) is 0.118. The molecule has 1 heterocycles. The summed E-state index contributed by atoms with van der Waals surface area (Å²) in [6.07, 6.45) is 9.00. The molecule has 1 aliphatic heterocycles. The number of likely N-dealkylation sites (tertiary alicyclic amines) is 1. The molecular weight excluding hydrogens is 558 g/mol. The molecule has 0 spiro atoms. The van der Waals surface area contributed by atoms with Crippen LogP contribution < -0.4 is 21.3 Å². The minimum Gasteiger partial charge on any atom is -0.346 e. The summed E-state index contributed by atoms with van der Waals surface area (Å²) in [5.74, 6) is -2.32. The van der Waals surface area contributed by atoms with E-state index in [4.69, 9.17) is 0 Å². The molecule has 1 aromatic rings. The number of ketones is 1. The summed E-state index contributed by atoms with van der Waals surface area (Å²) in [5, 5.41) is 11.4. The van der Waals surface area contributed by atoms with Crippen LogP contribution in [0.25, 0.3) is 0 Å². The number of hydrogen-bond acceptors (Lipinski definition) is 5. The Balaban J connectivity index is 1.73. The highest BCUT2D eigenvalue weighted by Crippen LogP contribution is 2.32. The molecule has 10 nitrogen and oxygen atoms in total. The lowest BCUT2D eigenvalue weighted by Crippen LogP contribution is -2.62. The second kappa shape index (κ2) is 15.9. The van der Waals surface area contributed by atoms with Gasteiger partial charge >= 0.3 is 6.03 Å². The zero-order valence-electron chi connectivity index (χ0n) is 26.9. The van der Waals surface area contributed by atoms with Crippen LogP contribution in [0.4, 0.5) is 4.79 Å². The fraction of sp³-hybridized carbons (Fsp3) is 0.618. The predicted molar refractivity (Wildman–Crippen MR) is 171 cm³/mol. The van der Waals surface area contributed by atoms with Gasteiger partial charge in [0.2, 0.25) is 17.6 Å². The highest BCUT2D eigenvalue weighted by atomic mass is 16.2. The van der Waals surface area contributed by atoms with E-state index >= 15 is 0 Å². The van der Waals surface area contributed by atoms with Gasteiger partial charge in [-0.05, 0) is 49.5 Å². The third-order valence-corrected chi connectivity index (χ3v) is 8.64. The van der Waals surface area contributed by atoms with Gasteiger partial charge in [-0.2, -0.15) is 0 Å². The van der Waals surface area contributed by atoms with Crippen LogP contribution in [0.3, 0.4) is 0 Å². The number of benzene rings is 1. The lowest BCUT2D eigenvalue weighted by atomic mass is 9.77. The van der Waals surface area contributed by atoms with Crippen molar-refractivity contribution in [1.29, 1.82) is 0 Å². The van der Waals surface area contributed by atoms with Crippen LogP contribution >= 0.6 is 0 Å². The molecule has 5 amide bonds. The number of Topliss-reactive ketones (excluding diaryl/α,β-unsaturated/α-hetero) is 1. The number of hydrogen-bond donors (Lipinski definition) is 4. The molecule has 1 aromatic carbocycles. The predicted octanol–water partition coefficient (Wildman–Crippen LogP) is 3.79. The van der Waals surface area contributed by atoms with Crippen molar-refractivity contribution in [2.24, 2.45) is 5.41 Å². The van der Waals surface area contributed by atoms with Gasteiger partial charge in [0.15, 0.2) is 0 Å². The number of nitrogens with zero attached hydrogens (tertiary/aromatic N) is 1. The zero-order chi connectivity index (χ0) is 32.3. The molecule has 10 heteroatoms. The summed E-state index contributed by atoms with van der Waals surface area (Å²) in [6, 6.07) is 7.05. The van der Waals surface area contributed by atoms with E-state index in [0.29, 0.717) is 38.6 Å². The number of carbonyl (C=O) groups is 5. The zero-order valence-corrected chi connectivity index (χ0v) is 26.9. The first-order valence-corrected chi connectivity index (χ1v) is 16.1. The van der Waals surface area contributed by atoms with E-state index in [2.05, 4.69) is 40.0 Å². The molecular formula is C34H51N5O5. The maximum absolute atomic E-state index is 14.0. The van der Waals surface area contributed by atoms with Gasteiger partial charge in [0.25, 0.3) is 5.91 Å². The summed E-state index contributed by atoms with van der Waals surface area (Å²) in [7, 11) is 0. The van der Waals surface area contributed by atoms with Crippen LogP contribution in [0.2, 0.25) is 0 Å². The average Bonchev–Trinajstić information content (AvgIpc) is 3.48. The van der Waals surface area contributed by atoms with E-state index in [-0.39, 0.29) is 12.5 Å². The van der Waals surface area contributed by atoms with E-state index in [1.165, 1.54) is 11.0 Å². The Bertz CT molecular complexity index is 1170. The van der Waals surface area contributed by atoms with Crippen molar-refractivity contribution < 1.29 is 24.0 Å². The minimum atomic E-state index is -0.992. The van der Waals surface area contributed by atoms with Gasteiger partial charge in [-0.1, -0.05) is 89.8 Å². The fourth-order valence-corrected chi connectivity index (χ4v) is 6.32. The molecule has 242 valence electrons. The van der Waals surface area contributed by atoms with Crippen LogP contribution in [0.15, 0.2) is 43.0 Å². The maximum atomic E-state index is 14.0. The standard InChI is InChI=1S/C34H51N5O5/c1-6-15-25(27(40)30(42)35-21-7-2)36-29(41)26-18-14-22-39(26)31(43)28(33(3,4)5)37-32(44)38-34(19-12-9-13-20-34)23-24-16-10-8-11-17-24/h7-8,10-11,16-17,25-26,28H,2,6,9,12-15,18-23H2,1,3-5H3,(H,35,42)(H,36,41)(H2,37,38,44)/t25?,26-,28+/m0/s1. The maximum Gasteiger partial charge on any atom is 0.315 e. The Kier molecular flexibility index (Phi) is 12.5. The molecule has 1 aliphatic carbocycles. The van der Waals surface area contributed by atoms with Crippen molar-refractivity contribution in [3.05, 3.63) is 48.6 Å². The number of amides is 5. The van der Waals surface area contributed by atoms with E-state index < -0.39 is 52.7 Å². The molecule has 1 saturated carbocycles. The Hall–Kier alpha value is -3.69. The molecule has 2 fully saturated rings. The highest BCUT2D eigenvalue weighted by Gasteiger charge is 2.43. The molecule has 1 saturated heterocycles. The molecule has 2 aliphatic rings. The van der Waals surface area contributed by atoms with E-state index in [9.17, 15) is 24.0 Å². The molecule has 0 aromatic heterocycles. The summed E-state index contributed by atoms with van der Waals surface area (Å²) >= 11 is 0. The van der Waals surface area contributed by atoms with Gasteiger partial charge in [0.1, 0.15) is 12.1 Å². The first-order chi connectivity index (χ1) is 20.9. The van der Waals surface area contributed by atoms with Crippen molar-refractivity contribution in [2.75, 3.05) is 13.1 Å². The van der Waals surface area contributed by atoms with Gasteiger partial charge in [-0.25, -0.2) is 4.79 Å². The second-order valence-electron chi connectivity index (χ2n) is 13.3. The van der Waals surface area contributed by atoms with Gasteiger partial charge in [-0.15, -0.1) is 6.58 Å². The normalized spacial score (nSPS) is 19.3. The topological polar surface area (TPSA) is 137 Å². The summed E-state index contributed by atoms with van der Waals surface area (Å²) in [4.78, 5) is 67.6. The first kappa shape index (κ1) is 34.8. The number of rotatable bonds is 13. The average molecular weight is 610 g/mol. The van der Waals surface area contributed by atoms with Crippen molar-refractivity contribution in [1.82, 2.24) is 26.2 Å². The summed E-state index contributed by atoms with van der Waals surface area (Å²) < 4.78 is 0. The number of nitrogens with one attached hydrogen (secondary N) is 4. The number of urea groups is 1. The van der Waals surface area contributed by atoms with E-state index in [1.54, 1.807) is 0 Å². The van der Waals surface area contributed by atoms with Gasteiger partial charge < -0.3 is 26.2 Å². The van der Waals surface area contributed by atoms with Gasteiger partial charge in [-0.3, -0.25) is 19.2 Å². The van der Waals surface area contributed by atoms with Crippen molar-refractivity contribution >= 4 is 29.5 Å². The lowest BCUT2D eigenvalue weighted by Gasteiger charge is -2.40. The van der Waals surface area contributed by atoms with Gasteiger partial charge in [0, 0.05) is 18.6 Å². The lowest BCUT2D eigenvalue weighted by molar-refractivity contribution is -0.143. The quantitative estimate of drug-likeness (QED) is 0.199. The first-order valence-electron chi connectivity index (χ1n) is 16.1. The molecule has 0 radical (unpaired) electrons. The third kappa shape index (κ3) is 9.40. The van der Waals surface area contributed by atoms with Crippen LogP contribution in [0.5, 0.6) is 0 Å². The fourth-order valence-electron chi connectivity index (χ4n) is 6.32. The molecule has 0 bridgehead atoms. The second-order valence-corrected chi connectivity index (χ2v) is 13.3. The third-order valence-electron chi connectivity index (χ3n) is 8.64. The molecule has 3 rings (SSSR count). The minimum absolute atomic E-state index is 0.143. The van der Waals surface area contributed by atoms with Gasteiger partial charge in [0.05, 0.1) is 6.04 Å². The van der Waals surface area contributed by atoms with Crippen LogP contribution in [-0.2, 0) is 25.6 Å². The number of carbonyl (C=O) groups excluding carboxylic acids is 5. The Morgan fingerprint density at radius 1 is 1.02 bits per heavy atom. The Morgan fingerprint density at radius 3 is 2.32 bits per heavy atom. The SMILES string of the molecule is C=CCNC(=O)C(=O)C(CCC)NC(=O)[C@@H]1CCCN1C(=O)[C@@H](NC(=O)NC1(Cc2ccccc2)CCCCC1)C(C)(C)C. The van der Waals surface area contributed by atoms with Crippen molar-refractivity contribution in [3.63, 3.8) is 0 Å². The Morgan fingerprint density at radius 2 is 1.70 bits per heavy atom.